The van der Waals surface area contributed by atoms with Crippen molar-refractivity contribution in [2.75, 3.05) is 20.2 Å². The zero-order valence-electron chi connectivity index (χ0n) is 12.7. The standard InChI is InChI=1S/C15H22ClNO3S/c1-15(2)6-8-17(9-7-15)21(18,19)14-10-12(11-16)4-5-13(14)20-3/h4-5,10H,6-9,11H2,1-3H3. The number of hydrogen-bond acceptors (Lipinski definition) is 3. The minimum Gasteiger partial charge on any atom is -0.495 e. The van der Waals surface area contributed by atoms with Crippen molar-refractivity contribution in [1.82, 2.24) is 4.31 Å². The van der Waals surface area contributed by atoms with Crippen LogP contribution in [-0.4, -0.2) is 32.9 Å². The van der Waals surface area contributed by atoms with E-state index in [2.05, 4.69) is 13.8 Å². The zero-order chi connectivity index (χ0) is 15.7. The summed E-state index contributed by atoms with van der Waals surface area (Å²) in [7, 11) is -2.06. The fourth-order valence-corrected chi connectivity index (χ4v) is 4.29. The van der Waals surface area contributed by atoms with Gasteiger partial charge in [-0.1, -0.05) is 19.9 Å². The molecular formula is C15H22ClNO3S. The smallest absolute Gasteiger partial charge is 0.246 e. The van der Waals surface area contributed by atoms with Gasteiger partial charge < -0.3 is 4.74 Å². The van der Waals surface area contributed by atoms with Crippen molar-refractivity contribution >= 4 is 21.6 Å². The summed E-state index contributed by atoms with van der Waals surface area (Å²) in [6.45, 7) is 5.44. The van der Waals surface area contributed by atoms with Gasteiger partial charge in [-0.2, -0.15) is 4.31 Å². The Morgan fingerprint density at radius 2 is 1.90 bits per heavy atom. The number of piperidine rings is 1. The molecule has 1 aliphatic heterocycles. The lowest BCUT2D eigenvalue weighted by Crippen LogP contribution is -2.41. The minimum absolute atomic E-state index is 0.202. The van der Waals surface area contributed by atoms with Gasteiger partial charge in [0.2, 0.25) is 10.0 Å². The molecule has 0 aliphatic carbocycles. The highest BCUT2D eigenvalue weighted by atomic mass is 35.5. The monoisotopic (exact) mass is 331 g/mol. The number of ether oxygens (including phenoxy) is 1. The summed E-state index contributed by atoms with van der Waals surface area (Å²) < 4.78 is 32.5. The molecule has 1 heterocycles. The van der Waals surface area contributed by atoms with E-state index >= 15 is 0 Å². The van der Waals surface area contributed by atoms with Crippen LogP contribution in [0.25, 0.3) is 0 Å². The van der Waals surface area contributed by atoms with Gasteiger partial charge in [-0.25, -0.2) is 8.42 Å². The Hall–Kier alpha value is -0.780. The van der Waals surface area contributed by atoms with E-state index in [1.165, 1.54) is 7.11 Å². The highest BCUT2D eigenvalue weighted by Gasteiger charge is 2.34. The molecule has 0 spiro atoms. The molecule has 0 saturated carbocycles. The van der Waals surface area contributed by atoms with E-state index < -0.39 is 10.0 Å². The van der Waals surface area contributed by atoms with Crippen molar-refractivity contribution in [3.05, 3.63) is 23.8 Å². The lowest BCUT2D eigenvalue weighted by atomic mass is 9.83. The van der Waals surface area contributed by atoms with E-state index in [0.717, 1.165) is 18.4 Å². The molecule has 1 aromatic carbocycles. The van der Waals surface area contributed by atoms with Crippen LogP contribution >= 0.6 is 11.6 Å². The maximum absolute atomic E-state index is 12.8. The van der Waals surface area contributed by atoms with Crippen LogP contribution in [0.3, 0.4) is 0 Å². The number of alkyl halides is 1. The van der Waals surface area contributed by atoms with Crippen LogP contribution in [-0.2, 0) is 15.9 Å². The third kappa shape index (κ3) is 3.52. The highest BCUT2D eigenvalue weighted by Crippen LogP contribution is 2.35. The lowest BCUT2D eigenvalue weighted by molar-refractivity contribution is 0.195. The highest BCUT2D eigenvalue weighted by molar-refractivity contribution is 7.89. The van der Waals surface area contributed by atoms with E-state index in [4.69, 9.17) is 16.3 Å². The number of sulfonamides is 1. The molecule has 118 valence electrons. The Balaban J connectivity index is 2.35. The van der Waals surface area contributed by atoms with Crippen LogP contribution in [0.15, 0.2) is 23.1 Å². The van der Waals surface area contributed by atoms with Gasteiger partial charge in [0.1, 0.15) is 10.6 Å². The Kier molecular flexibility index (Phi) is 4.85. The molecule has 1 aromatic rings. The summed E-state index contributed by atoms with van der Waals surface area (Å²) in [5.74, 6) is 0.646. The summed E-state index contributed by atoms with van der Waals surface area (Å²) in [5, 5.41) is 0. The number of methoxy groups -OCH3 is 1. The van der Waals surface area contributed by atoms with Crippen LogP contribution in [0.5, 0.6) is 5.75 Å². The summed E-state index contributed by atoms with van der Waals surface area (Å²) in [5.41, 5.74) is 0.974. The second-order valence-electron chi connectivity index (χ2n) is 6.19. The molecule has 6 heteroatoms. The molecule has 0 aromatic heterocycles. The molecule has 1 fully saturated rings. The molecule has 0 atom stereocenters. The topological polar surface area (TPSA) is 46.6 Å². The van der Waals surface area contributed by atoms with Gasteiger partial charge in [0.15, 0.2) is 0 Å². The molecule has 4 nitrogen and oxygen atoms in total. The van der Waals surface area contributed by atoms with E-state index in [9.17, 15) is 8.42 Å². The van der Waals surface area contributed by atoms with Gasteiger partial charge in [0, 0.05) is 19.0 Å². The normalized spacial score (nSPS) is 19.4. The average Bonchev–Trinajstić information content (AvgIpc) is 2.46. The Labute approximate surface area is 132 Å². The van der Waals surface area contributed by atoms with Crippen LogP contribution < -0.4 is 4.74 Å². The van der Waals surface area contributed by atoms with E-state index in [0.29, 0.717) is 18.8 Å². The summed E-state index contributed by atoms with van der Waals surface area (Å²) in [4.78, 5) is 0.211. The van der Waals surface area contributed by atoms with Gasteiger partial charge in [0.25, 0.3) is 0 Å². The number of halogens is 1. The molecule has 0 radical (unpaired) electrons. The van der Waals surface area contributed by atoms with Crippen molar-refractivity contribution in [3.8, 4) is 5.75 Å². The zero-order valence-corrected chi connectivity index (χ0v) is 14.3. The number of hydrogen-bond donors (Lipinski definition) is 0. The van der Waals surface area contributed by atoms with Gasteiger partial charge in [-0.05, 0) is 36.0 Å². The third-order valence-corrected chi connectivity index (χ3v) is 6.30. The number of rotatable bonds is 4. The Morgan fingerprint density at radius 1 is 1.29 bits per heavy atom. The average molecular weight is 332 g/mol. The first-order valence-electron chi connectivity index (χ1n) is 7.03. The summed E-state index contributed by atoms with van der Waals surface area (Å²) >= 11 is 5.82. The Bertz CT molecular complexity index is 603. The second-order valence-corrected chi connectivity index (χ2v) is 8.36. The summed E-state index contributed by atoms with van der Waals surface area (Å²) in [6.07, 6.45) is 1.73. The van der Waals surface area contributed by atoms with Gasteiger partial charge >= 0.3 is 0 Å². The fraction of sp³-hybridized carbons (Fsp3) is 0.600. The predicted molar refractivity (Wildman–Crippen MR) is 84.3 cm³/mol. The van der Waals surface area contributed by atoms with Crippen molar-refractivity contribution in [3.63, 3.8) is 0 Å². The maximum Gasteiger partial charge on any atom is 0.246 e. The molecule has 0 amide bonds. The summed E-state index contributed by atoms with van der Waals surface area (Å²) in [6, 6.07) is 5.06. The molecule has 2 rings (SSSR count). The SMILES string of the molecule is COc1ccc(CCl)cc1S(=O)(=O)N1CCC(C)(C)CC1. The quantitative estimate of drug-likeness (QED) is 0.796. The predicted octanol–water partition coefficient (Wildman–Crippen LogP) is 3.24. The van der Waals surface area contributed by atoms with Crippen molar-refractivity contribution in [2.45, 2.75) is 37.5 Å². The molecule has 1 saturated heterocycles. The fourth-order valence-electron chi connectivity index (χ4n) is 2.48. The largest absolute Gasteiger partial charge is 0.495 e. The van der Waals surface area contributed by atoms with E-state index in [1.54, 1.807) is 22.5 Å². The number of benzene rings is 1. The Morgan fingerprint density at radius 3 is 2.43 bits per heavy atom. The number of nitrogens with zero attached hydrogens (tertiary/aromatic N) is 1. The van der Waals surface area contributed by atoms with E-state index in [1.807, 2.05) is 0 Å². The molecule has 21 heavy (non-hydrogen) atoms. The van der Waals surface area contributed by atoms with Gasteiger partial charge in [-0.3, -0.25) is 0 Å². The molecule has 0 bridgehead atoms. The first kappa shape index (κ1) is 16.6. The van der Waals surface area contributed by atoms with Crippen LogP contribution in [0.2, 0.25) is 0 Å². The molecule has 0 unspecified atom stereocenters. The van der Waals surface area contributed by atoms with Gasteiger partial charge in [-0.15, -0.1) is 11.6 Å². The van der Waals surface area contributed by atoms with Gasteiger partial charge in [0.05, 0.1) is 7.11 Å². The first-order chi connectivity index (χ1) is 9.80. The first-order valence-corrected chi connectivity index (χ1v) is 9.01. The maximum atomic E-state index is 12.8. The van der Waals surface area contributed by atoms with E-state index in [-0.39, 0.29) is 16.2 Å². The second kappa shape index (κ2) is 6.15. The van der Waals surface area contributed by atoms with Crippen molar-refractivity contribution < 1.29 is 13.2 Å². The van der Waals surface area contributed by atoms with Crippen LogP contribution in [0, 0.1) is 5.41 Å². The van der Waals surface area contributed by atoms with Crippen LogP contribution in [0.4, 0.5) is 0 Å². The molecular weight excluding hydrogens is 310 g/mol. The molecule has 1 aliphatic rings. The third-order valence-electron chi connectivity index (χ3n) is 4.08. The minimum atomic E-state index is -3.54. The lowest BCUT2D eigenvalue weighted by Gasteiger charge is -2.36. The van der Waals surface area contributed by atoms with Crippen molar-refractivity contribution in [2.24, 2.45) is 5.41 Å². The van der Waals surface area contributed by atoms with Crippen LogP contribution in [0.1, 0.15) is 32.3 Å². The molecule has 0 N–H and O–H groups in total. The van der Waals surface area contributed by atoms with Crippen molar-refractivity contribution in [1.29, 1.82) is 0 Å².